The van der Waals surface area contributed by atoms with Crippen molar-refractivity contribution in [1.29, 1.82) is 0 Å². The lowest BCUT2D eigenvalue weighted by Gasteiger charge is -2.20. The average molecular weight is 391 g/mol. The van der Waals surface area contributed by atoms with Gasteiger partial charge in [-0.25, -0.2) is 13.6 Å². The van der Waals surface area contributed by atoms with Gasteiger partial charge in [0.2, 0.25) is 10.0 Å². The van der Waals surface area contributed by atoms with Crippen LogP contribution in [0.15, 0.2) is 52.5 Å². The zero-order valence-corrected chi connectivity index (χ0v) is 15.8. The van der Waals surface area contributed by atoms with E-state index in [1.165, 1.54) is 18.3 Å². The normalized spacial score (nSPS) is 11.5. The van der Waals surface area contributed by atoms with Gasteiger partial charge in [0.25, 0.3) is 5.69 Å². The number of nitrogens with zero attached hydrogens (tertiary/aromatic N) is 3. The van der Waals surface area contributed by atoms with Crippen molar-refractivity contribution in [1.82, 2.24) is 0 Å². The van der Waals surface area contributed by atoms with Crippen LogP contribution >= 0.6 is 0 Å². The highest BCUT2D eigenvalue weighted by Crippen LogP contribution is 2.27. The summed E-state index contributed by atoms with van der Waals surface area (Å²) in [6, 6.07) is 11.0. The highest BCUT2D eigenvalue weighted by molar-refractivity contribution is 7.89. The Bertz CT molecular complexity index is 938. The van der Waals surface area contributed by atoms with Crippen LogP contribution in [0, 0.1) is 10.1 Å². The summed E-state index contributed by atoms with van der Waals surface area (Å²) in [5.41, 5.74) is 4.09. The Balaban J connectivity index is 2.17. The first-order chi connectivity index (χ1) is 12.8. The topological polar surface area (TPSA) is 131 Å². The van der Waals surface area contributed by atoms with Crippen LogP contribution in [0.3, 0.4) is 0 Å². The van der Waals surface area contributed by atoms with Crippen molar-refractivity contribution >= 4 is 33.3 Å². The summed E-state index contributed by atoms with van der Waals surface area (Å²) in [7, 11) is -4.03. The molecule has 0 aliphatic rings. The summed E-state index contributed by atoms with van der Waals surface area (Å²) in [6.07, 6.45) is 1.52. The minimum atomic E-state index is -4.03. The third-order valence-corrected chi connectivity index (χ3v) is 4.83. The molecule has 10 heteroatoms. The molecule has 0 amide bonds. The number of hydrogen-bond donors (Lipinski definition) is 2. The van der Waals surface area contributed by atoms with Gasteiger partial charge in [-0.05, 0) is 43.7 Å². The summed E-state index contributed by atoms with van der Waals surface area (Å²) >= 11 is 0. The van der Waals surface area contributed by atoms with Crippen LogP contribution in [0.1, 0.15) is 19.4 Å². The molecular weight excluding hydrogens is 370 g/mol. The quantitative estimate of drug-likeness (QED) is 0.404. The molecule has 0 bridgehead atoms. The maximum absolute atomic E-state index is 11.3. The van der Waals surface area contributed by atoms with E-state index < -0.39 is 20.6 Å². The number of sulfonamides is 1. The number of rotatable bonds is 8. The van der Waals surface area contributed by atoms with E-state index in [1.54, 1.807) is 0 Å². The van der Waals surface area contributed by atoms with E-state index >= 15 is 0 Å². The number of benzene rings is 2. The van der Waals surface area contributed by atoms with Crippen LogP contribution in [-0.4, -0.2) is 32.6 Å². The van der Waals surface area contributed by atoms with Gasteiger partial charge in [-0.1, -0.05) is 12.1 Å². The smallest absolute Gasteiger partial charge is 0.295 e. The Morgan fingerprint density at radius 2 is 1.81 bits per heavy atom. The SMILES string of the molecule is CCN(CC)c1ccc(/C=N/Nc2ccc(S(N)(=O)=O)cc2[N+](=O)[O-])cc1. The van der Waals surface area contributed by atoms with Gasteiger partial charge in [0.15, 0.2) is 0 Å². The first kappa shape index (κ1) is 20.3. The molecule has 27 heavy (non-hydrogen) atoms. The van der Waals surface area contributed by atoms with Crippen molar-refractivity contribution in [3.63, 3.8) is 0 Å². The van der Waals surface area contributed by atoms with Gasteiger partial charge in [0.05, 0.1) is 16.0 Å². The van der Waals surface area contributed by atoms with Gasteiger partial charge in [-0.3, -0.25) is 15.5 Å². The number of hydrogen-bond acceptors (Lipinski definition) is 7. The molecule has 9 nitrogen and oxygen atoms in total. The van der Waals surface area contributed by atoms with Crippen molar-refractivity contribution in [2.24, 2.45) is 10.2 Å². The Kier molecular flexibility index (Phi) is 6.48. The lowest BCUT2D eigenvalue weighted by Crippen LogP contribution is -2.21. The zero-order chi connectivity index (χ0) is 20.0. The lowest BCUT2D eigenvalue weighted by molar-refractivity contribution is -0.384. The van der Waals surface area contributed by atoms with E-state index in [4.69, 9.17) is 5.14 Å². The predicted molar refractivity (Wildman–Crippen MR) is 106 cm³/mol. The fraction of sp³-hybridized carbons (Fsp3) is 0.235. The molecule has 2 aromatic rings. The number of nitrogens with two attached hydrogens (primary N) is 1. The van der Waals surface area contributed by atoms with E-state index in [2.05, 4.69) is 29.3 Å². The number of primary sulfonamides is 1. The molecule has 2 aromatic carbocycles. The maximum Gasteiger partial charge on any atom is 0.295 e. The largest absolute Gasteiger partial charge is 0.372 e. The van der Waals surface area contributed by atoms with Crippen LogP contribution in [-0.2, 0) is 10.0 Å². The molecule has 3 N–H and O–H groups in total. The second-order valence-corrected chi connectivity index (χ2v) is 7.18. The van der Waals surface area contributed by atoms with E-state index in [0.29, 0.717) is 0 Å². The zero-order valence-electron chi connectivity index (χ0n) is 15.0. The summed E-state index contributed by atoms with van der Waals surface area (Å²) in [5.74, 6) is 0. The predicted octanol–water partition coefficient (Wildman–Crippen LogP) is 2.53. The first-order valence-corrected chi connectivity index (χ1v) is 9.76. The Morgan fingerprint density at radius 1 is 1.19 bits per heavy atom. The Labute approximate surface area is 157 Å². The van der Waals surface area contributed by atoms with E-state index in [9.17, 15) is 18.5 Å². The van der Waals surface area contributed by atoms with Crippen molar-refractivity contribution in [2.75, 3.05) is 23.4 Å². The fourth-order valence-electron chi connectivity index (χ4n) is 2.47. The van der Waals surface area contributed by atoms with Crippen molar-refractivity contribution < 1.29 is 13.3 Å². The van der Waals surface area contributed by atoms with Crippen molar-refractivity contribution in [2.45, 2.75) is 18.7 Å². The summed E-state index contributed by atoms with van der Waals surface area (Å²) in [6.45, 7) is 5.97. The summed E-state index contributed by atoms with van der Waals surface area (Å²) < 4.78 is 22.7. The minimum absolute atomic E-state index is 0.0587. The molecule has 2 rings (SSSR count). The van der Waals surface area contributed by atoms with E-state index in [1.807, 2.05) is 24.3 Å². The highest BCUT2D eigenvalue weighted by atomic mass is 32.2. The molecule has 0 radical (unpaired) electrons. The standard InChI is InChI=1S/C17H21N5O4S/c1-3-21(4-2)14-7-5-13(6-8-14)12-19-20-16-10-9-15(27(18,25)26)11-17(16)22(23)24/h5-12,20H,3-4H2,1-2H3,(H2,18,25,26)/b19-12+. The Morgan fingerprint density at radius 3 is 2.33 bits per heavy atom. The van der Waals surface area contributed by atoms with Crippen molar-refractivity contribution in [3.8, 4) is 0 Å². The molecule has 0 aliphatic carbocycles. The van der Waals surface area contributed by atoms with Crippen LogP contribution in [0.4, 0.5) is 17.1 Å². The number of nitro benzene ring substituents is 1. The lowest BCUT2D eigenvalue weighted by atomic mass is 10.2. The van der Waals surface area contributed by atoms with Gasteiger partial charge >= 0.3 is 0 Å². The second-order valence-electron chi connectivity index (χ2n) is 5.61. The second kappa shape index (κ2) is 8.60. The van der Waals surface area contributed by atoms with Crippen molar-refractivity contribution in [3.05, 3.63) is 58.1 Å². The molecule has 0 fully saturated rings. The summed E-state index contributed by atoms with van der Waals surface area (Å²) in [4.78, 5) is 12.3. The van der Waals surface area contributed by atoms with E-state index in [0.717, 1.165) is 30.4 Å². The molecule has 144 valence electrons. The van der Waals surface area contributed by atoms with Crippen LogP contribution < -0.4 is 15.5 Å². The van der Waals surface area contributed by atoms with Gasteiger partial charge in [-0.15, -0.1) is 0 Å². The van der Waals surface area contributed by atoms with Crippen LogP contribution in [0.2, 0.25) is 0 Å². The molecule has 0 saturated heterocycles. The molecule has 0 heterocycles. The molecular formula is C17H21N5O4S. The highest BCUT2D eigenvalue weighted by Gasteiger charge is 2.18. The monoisotopic (exact) mass is 391 g/mol. The molecule has 0 aliphatic heterocycles. The third kappa shape index (κ3) is 5.25. The minimum Gasteiger partial charge on any atom is -0.372 e. The molecule has 0 spiro atoms. The van der Waals surface area contributed by atoms with Crippen LogP contribution in [0.25, 0.3) is 0 Å². The third-order valence-electron chi connectivity index (χ3n) is 3.91. The van der Waals surface area contributed by atoms with E-state index in [-0.39, 0.29) is 10.6 Å². The van der Waals surface area contributed by atoms with Gasteiger partial charge < -0.3 is 4.90 Å². The molecule has 0 saturated carbocycles. The molecule has 0 atom stereocenters. The number of anilines is 2. The molecule has 0 aromatic heterocycles. The molecule has 0 unspecified atom stereocenters. The number of nitrogens with one attached hydrogen (secondary N) is 1. The number of nitro groups is 1. The first-order valence-electron chi connectivity index (χ1n) is 8.21. The van der Waals surface area contributed by atoms with Crippen LogP contribution in [0.5, 0.6) is 0 Å². The average Bonchev–Trinajstić information content (AvgIpc) is 2.63. The summed E-state index contributed by atoms with van der Waals surface area (Å²) in [5, 5.41) is 20.2. The van der Waals surface area contributed by atoms with Gasteiger partial charge in [0, 0.05) is 24.8 Å². The maximum atomic E-state index is 11.3. The fourth-order valence-corrected chi connectivity index (χ4v) is 3.00. The number of hydrazone groups is 1. The Hall–Kier alpha value is -2.98. The van der Waals surface area contributed by atoms with Gasteiger partial charge in [-0.2, -0.15) is 5.10 Å². The van der Waals surface area contributed by atoms with Gasteiger partial charge in [0.1, 0.15) is 5.69 Å².